The summed E-state index contributed by atoms with van der Waals surface area (Å²) in [5.41, 5.74) is 1.73. The van der Waals surface area contributed by atoms with Crippen LogP contribution in [0.25, 0.3) is 21.5 Å². The maximum atomic E-state index is 14.9. The summed E-state index contributed by atoms with van der Waals surface area (Å²) in [6, 6.07) is 16.3. The zero-order chi connectivity index (χ0) is 22.1. The normalized spacial score (nSPS) is 20.2. The highest BCUT2D eigenvalue weighted by Crippen LogP contribution is 2.33. The fourth-order valence-corrected chi connectivity index (χ4v) is 4.50. The first-order chi connectivity index (χ1) is 15.5. The smallest absolute Gasteiger partial charge is 0.287 e. The molecule has 0 spiro atoms. The number of hydrogen-bond donors (Lipinski definition) is 1. The monoisotopic (exact) mass is 451 g/mol. The van der Waals surface area contributed by atoms with E-state index in [9.17, 15) is 13.6 Å². The van der Waals surface area contributed by atoms with Gasteiger partial charge in [-0.1, -0.05) is 36.4 Å². The molecule has 5 nitrogen and oxygen atoms in total. The molecule has 0 bridgehead atoms. The number of alkyl halides is 2. The van der Waals surface area contributed by atoms with Gasteiger partial charge >= 0.3 is 0 Å². The van der Waals surface area contributed by atoms with Crippen molar-refractivity contribution in [2.45, 2.75) is 24.5 Å². The number of pyridine rings is 1. The minimum atomic E-state index is -3.19. The Bertz CT molecular complexity index is 1260. The summed E-state index contributed by atoms with van der Waals surface area (Å²) in [6.07, 6.45) is -0.423. The van der Waals surface area contributed by atoms with E-state index in [0.717, 1.165) is 16.0 Å². The van der Waals surface area contributed by atoms with Crippen LogP contribution in [-0.2, 0) is 0 Å². The average molecular weight is 451 g/mol. The number of fused-ring (bicyclic) bond motifs is 1. The Balaban J connectivity index is 1.46. The van der Waals surface area contributed by atoms with E-state index in [1.165, 1.54) is 11.3 Å². The summed E-state index contributed by atoms with van der Waals surface area (Å²) in [7, 11) is 0. The second kappa shape index (κ2) is 8.37. The van der Waals surface area contributed by atoms with Gasteiger partial charge in [0.25, 0.3) is 5.92 Å². The molecular formula is C24H19F2N3O2S. The molecule has 8 heteroatoms. The zero-order valence-electron chi connectivity index (χ0n) is 16.9. The minimum absolute atomic E-state index is 0.0145. The van der Waals surface area contributed by atoms with Crippen molar-refractivity contribution >= 4 is 28.0 Å². The topological polar surface area (TPSA) is 64.1 Å². The number of carbonyl (C=O) groups excluding carboxylic acids is 1. The Morgan fingerprint density at radius 3 is 2.84 bits per heavy atom. The maximum absolute atomic E-state index is 14.9. The summed E-state index contributed by atoms with van der Waals surface area (Å²) in [5, 5.41) is 6.41. The second-order valence-corrected chi connectivity index (χ2v) is 8.50. The molecule has 32 heavy (non-hydrogen) atoms. The number of benzene rings is 2. The highest BCUT2D eigenvalue weighted by atomic mass is 32.1. The molecule has 3 heterocycles. The molecule has 2 atom stereocenters. The van der Waals surface area contributed by atoms with E-state index in [1.807, 2.05) is 29.6 Å². The van der Waals surface area contributed by atoms with Gasteiger partial charge in [0.2, 0.25) is 5.88 Å². The lowest BCUT2D eigenvalue weighted by Gasteiger charge is -2.37. The van der Waals surface area contributed by atoms with Crippen molar-refractivity contribution in [1.29, 1.82) is 0 Å². The number of Topliss-reactive ketones (excluding diaryl/α,β-unsaturated/α-hetero) is 1. The predicted octanol–water partition coefficient (Wildman–Crippen LogP) is 4.99. The van der Waals surface area contributed by atoms with Gasteiger partial charge in [0.05, 0.1) is 5.52 Å². The van der Waals surface area contributed by atoms with Crippen molar-refractivity contribution in [2.24, 2.45) is 0 Å². The van der Waals surface area contributed by atoms with Gasteiger partial charge in [-0.25, -0.2) is 18.7 Å². The van der Waals surface area contributed by atoms with Gasteiger partial charge in [0, 0.05) is 47.1 Å². The third-order valence-corrected chi connectivity index (χ3v) is 6.29. The number of thiazole rings is 1. The zero-order valence-corrected chi connectivity index (χ0v) is 17.7. The molecule has 162 valence electrons. The number of nitrogens with one attached hydrogen (secondary N) is 1. The Hall–Kier alpha value is -3.23. The van der Waals surface area contributed by atoms with Gasteiger partial charge in [-0.15, -0.1) is 11.3 Å². The summed E-state index contributed by atoms with van der Waals surface area (Å²) in [6.45, 7) is 0.0145. The minimum Gasteiger partial charge on any atom is -0.466 e. The van der Waals surface area contributed by atoms with E-state index in [4.69, 9.17) is 4.74 Å². The number of piperidine rings is 1. The Morgan fingerprint density at radius 2 is 2.00 bits per heavy atom. The summed E-state index contributed by atoms with van der Waals surface area (Å²) < 4.78 is 35.6. The highest BCUT2D eigenvalue weighted by molar-refractivity contribution is 7.13. The quantitative estimate of drug-likeness (QED) is 0.434. The molecule has 4 aromatic rings. The first-order valence-electron chi connectivity index (χ1n) is 10.2. The molecule has 0 radical (unpaired) electrons. The van der Waals surface area contributed by atoms with Crippen LogP contribution in [-0.4, -0.2) is 40.4 Å². The number of ketones is 1. The van der Waals surface area contributed by atoms with E-state index in [0.29, 0.717) is 11.1 Å². The van der Waals surface area contributed by atoms with E-state index in [-0.39, 0.29) is 12.4 Å². The van der Waals surface area contributed by atoms with Crippen molar-refractivity contribution in [3.8, 4) is 16.5 Å². The number of nitrogens with zero attached hydrogens (tertiary/aromatic N) is 2. The fourth-order valence-electron chi connectivity index (χ4n) is 3.87. The van der Waals surface area contributed by atoms with Crippen LogP contribution in [0.15, 0.2) is 72.2 Å². The number of halogens is 2. The number of carbonyl (C=O) groups is 1. The molecule has 0 saturated carbocycles. The van der Waals surface area contributed by atoms with E-state index >= 15 is 0 Å². The molecule has 1 saturated heterocycles. The van der Waals surface area contributed by atoms with Gasteiger partial charge in [0.1, 0.15) is 11.0 Å². The largest absolute Gasteiger partial charge is 0.466 e. The van der Waals surface area contributed by atoms with Crippen LogP contribution >= 0.6 is 11.3 Å². The van der Waals surface area contributed by atoms with Crippen LogP contribution in [0.5, 0.6) is 5.88 Å². The standard InChI is InChI=1S/C24H19F2N3O2S/c25-24(26)10-11-27-20(21(30)16-5-3-6-17(14-16)23-28-12-13-32-23)22(24)31-19-9-8-15-4-1-2-7-18(15)29-19/h1-9,12-14,20,22,27H,10-11H2. The maximum Gasteiger partial charge on any atom is 0.287 e. The van der Waals surface area contributed by atoms with Gasteiger partial charge in [-0.05, 0) is 18.2 Å². The third kappa shape index (κ3) is 3.99. The van der Waals surface area contributed by atoms with Crippen LogP contribution < -0.4 is 10.1 Å². The summed E-state index contributed by atoms with van der Waals surface area (Å²) in [4.78, 5) is 21.9. The lowest BCUT2D eigenvalue weighted by Crippen LogP contribution is -2.61. The van der Waals surface area contributed by atoms with Crippen molar-refractivity contribution in [1.82, 2.24) is 15.3 Å². The molecule has 0 aliphatic carbocycles. The Morgan fingerprint density at radius 1 is 1.12 bits per heavy atom. The molecule has 2 unspecified atom stereocenters. The second-order valence-electron chi connectivity index (χ2n) is 7.61. The molecule has 2 aromatic heterocycles. The highest BCUT2D eigenvalue weighted by Gasteiger charge is 2.51. The number of hydrogen-bond acceptors (Lipinski definition) is 6. The molecule has 5 rings (SSSR count). The van der Waals surface area contributed by atoms with E-state index < -0.39 is 30.3 Å². The predicted molar refractivity (Wildman–Crippen MR) is 119 cm³/mol. The van der Waals surface area contributed by atoms with Crippen LogP contribution in [0.3, 0.4) is 0 Å². The van der Waals surface area contributed by atoms with Crippen molar-refractivity contribution in [3.63, 3.8) is 0 Å². The van der Waals surface area contributed by atoms with Gasteiger partial charge in [0.15, 0.2) is 11.9 Å². The van der Waals surface area contributed by atoms with Crippen LogP contribution in [0.1, 0.15) is 16.8 Å². The lowest BCUT2D eigenvalue weighted by molar-refractivity contribution is -0.124. The molecule has 1 N–H and O–H groups in total. The van der Waals surface area contributed by atoms with Gasteiger partial charge in [-0.2, -0.15) is 0 Å². The molecule has 1 aliphatic heterocycles. The van der Waals surface area contributed by atoms with Gasteiger partial charge in [-0.3, -0.25) is 4.79 Å². The van der Waals surface area contributed by atoms with Crippen molar-refractivity contribution in [2.75, 3.05) is 6.54 Å². The van der Waals surface area contributed by atoms with E-state index in [1.54, 1.807) is 42.6 Å². The fraction of sp³-hybridized carbons (Fsp3) is 0.208. The molecule has 0 amide bonds. The van der Waals surface area contributed by atoms with Gasteiger partial charge < -0.3 is 10.1 Å². The lowest BCUT2D eigenvalue weighted by atomic mass is 9.90. The number of para-hydroxylation sites is 1. The molecule has 1 fully saturated rings. The van der Waals surface area contributed by atoms with Crippen molar-refractivity contribution in [3.05, 3.63) is 77.8 Å². The molecular weight excluding hydrogens is 432 g/mol. The SMILES string of the molecule is O=C(c1cccc(-c2nccs2)c1)C1NCCC(F)(F)C1Oc1ccc2ccccc2n1. The van der Waals surface area contributed by atoms with Crippen LogP contribution in [0.2, 0.25) is 0 Å². The first kappa shape index (κ1) is 20.7. The average Bonchev–Trinajstić information content (AvgIpc) is 3.35. The first-order valence-corrected chi connectivity index (χ1v) is 11.1. The van der Waals surface area contributed by atoms with E-state index in [2.05, 4.69) is 15.3 Å². The van der Waals surface area contributed by atoms with Crippen molar-refractivity contribution < 1.29 is 18.3 Å². The molecule has 1 aliphatic rings. The number of aromatic nitrogens is 2. The number of ether oxygens (including phenoxy) is 1. The van der Waals surface area contributed by atoms with Crippen LogP contribution in [0.4, 0.5) is 8.78 Å². The summed E-state index contributed by atoms with van der Waals surface area (Å²) >= 11 is 1.44. The summed E-state index contributed by atoms with van der Waals surface area (Å²) in [5.74, 6) is -3.58. The molecule has 2 aromatic carbocycles. The Labute approximate surface area is 187 Å². The Kier molecular flexibility index (Phi) is 5.40. The number of rotatable bonds is 5. The van der Waals surface area contributed by atoms with Crippen LogP contribution in [0, 0.1) is 0 Å². The third-order valence-electron chi connectivity index (χ3n) is 5.47.